The number of hydrogen-bond donors (Lipinski definition) is 1. The summed E-state index contributed by atoms with van der Waals surface area (Å²) in [6, 6.07) is 13.2. The maximum Gasteiger partial charge on any atom is 0.227 e. The molecule has 33 heavy (non-hydrogen) atoms. The number of benzene rings is 2. The van der Waals surface area contributed by atoms with Gasteiger partial charge in [-0.3, -0.25) is 19.7 Å². The molecule has 0 unspecified atom stereocenters. The van der Waals surface area contributed by atoms with Gasteiger partial charge in [-0.05, 0) is 83.1 Å². The van der Waals surface area contributed by atoms with E-state index in [-0.39, 0.29) is 17.6 Å². The van der Waals surface area contributed by atoms with Gasteiger partial charge in [0.25, 0.3) is 0 Å². The second-order valence-corrected chi connectivity index (χ2v) is 8.52. The molecule has 0 bridgehead atoms. The van der Waals surface area contributed by atoms with Crippen LogP contribution in [0.15, 0.2) is 48.5 Å². The topological polar surface area (TPSA) is 67.4 Å². The Bertz CT molecular complexity index is 1130. The first-order chi connectivity index (χ1) is 15.9. The van der Waals surface area contributed by atoms with E-state index in [2.05, 4.69) is 15.2 Å². The molecule has 1 amide bonds. The summed E-state index contributed by atoms with van der Waals surface area (Å²) in [5.41, 5.74) is 4.62. The second-order valence-electron chi connectivity index (χ2n) is 8.52. The van der Waals surface area contributed by atoms with Crippen molar-refractivity contribution in [2.75, 3.05) is 18.4 Å². The van der Waals surface area contributed by atoms with Crippen LogP contribution >= 0.6 is 0 Å². The molecule has 0 atom stereocenters. The Morgan fingerprint density at radius 1 is 1.00 bits per heavy atom. The van der Waals surface area contributed by atoms with Crippen LogP contribution in [0.5, 0.6) is 11.5 Å². The predicted molar refractivity (Wildman–Crippen MR) is 126 cm³/mol. The van der Waals surface area contributed by atoms with Crippen LogP contribution in [0.2, 0.25) is 0 Å². The molecule has 1 aromatic heterocycles. The van der Waals surface area contributed by atoms with Gasteiger partial charge in [0, 0.05) is 18.2 Å². The lowest BCUT2D eigenvalue weighted by atomic mass is 9.95. The van der Waals surface area contributed by atoms with Crippen molar-refractivity contribution in [3.63, 3.8) is 0 Å². The van der Waals surface area contributed by atoms with E-state index in [0.29, 0.717) is 11.4 Å². The molecule has 1 fully saturated rings. The Balaban J connectivity index is 1.28. The molecule has 0 saturated carbocycles. The largest absolute Gasteiger partial charge is 0.454 e. The van der Waals surface area contributed by atoms with Crippen molar-refractivity contribution in [2.24, 2.45) is 5.92 Å². The Morgan fingerprint density at radius 2 is 1.67 bits per heavy atom. The smallest absolute Gasteiger partial charge is 0.227 e. The Morgan fingerprint density at radius 3 is 2.36 bits per heavy atom. The highest BCUT2D eigenvalue weighted by molar-refractivity contribution is 5.92. The number of nitrogens with one attached hydrogen (secondary N) is 1. The van der Waals surface area contributed by atoms with Crippen molar-refractivity contribution in [1.82, 2.24) is 14.9 Å². The minimum absolute atomic E-state index is 0.0254. The van der Waals surface area contributed by atoms with Gasteiger partial charge in [0.1, 0.15) is 5.75 Å². The maximum atomic E-state index is 13.7. The van der Waals surface area contributed by atoms with E-state index in [0.717, 1.165) is 55.3 Å². The summed E-state index contributed by atoms with van der Waals surface area (Å²) >= 11 is 0. The second kappa shape index (κ2) is 10.1. The number of aromatic nitrogens is 2. The van der Waals surface area contributed by atoms with Gasteiger partial charge in [-0.2, -0.15) is 0 Å². The number of piperidine rings is 1. The van der Waals surface area contributed by atoms with E-state index >= 15 is 0 Å². The van der Waals surface area contributed by atoms with Crippen LogP contribution in [0.1, 0.15) is 35.6 Å². The first-order valence-electron chi connectivity index (χ1n) is 11.3. The number of likely N-dealkylation sites (tertiary alicyclic amines) is 1. The fraction of sp³-hybridized carbons (Fsp3) is 0.346. The van der Waals surface area contributed by atoms with Crippen LogP contribution in [0.25, 0.3) is 0 Å². The summed E-state index contributed by atoms with van der Waals surface area (Å²) < 4.78 is 19.3. The van der Waals surface area contributed by atoms with E-state index in [9.17, 15) is 9.18 Å². The van der Waals surface area contributed by atoms with E-state index in [1.54, 1.807) is 42.5 Å². The molecule has 2 aromatic carbocycles. The lowest BCUT2D eigenvalue weighted by molar-refractivity contribution is -0.121. The number of ether oxygens (including phenoxy) is 1. The van der Waals surface area contributed by atoms with Crippen LogP contribution in [0.3, 0.4) is 0 Å². The number of carbonyl (C=O) groups is 1. The molecule has 0 spiro atoms. The highest BCUT2D eigenvalue weighted by Crippen LogP contribution is 2.26. The van der Waals surface area contributed by atoms with Crippen LogP contribution in [-0.2, 0) is 11.3 Å². The number of para-hydroxylation sites is 1. The Kier molecular flexibility index (Phi) is 6.99. The zero-order valence-electron chi connectivity index (χ0n) is 19.3. The van der Waals surface area contributed by atoms with E-state index in [4.69, 9.17) is 9.72 Å². The summed E-state index contributed by atoms with van der Waals surface area (Å²) in [5, 5.41) is 2.99. The van der Waals surface area contributed by atoms with Gasteiger partial charge in [-0.15, -0.1) is 0 Å². The fourth-order valence-electron chi connectivity index (χ4n) is 3.98. The molecule has 0 aliphatic carbocycles. The predicted octanol–water partition coefficient (Wildman–Crippen LogP) is 5.18. The highest BCUT2D eigenvalue weighted by Gasteiger charge is 2.25. The third-order valence-corrected chi connectivity index (χ3v) is 6.10. The number of amides is 1. The first kappa shape index (κ1) is 22.9. The van der Waals surface area contributed by atoms with Gasteiger partial charge in [0.05, 0.1) is 22.8 Å². The minimum Gasteiger partial charge on any atom is -0.454 e. The van der Waals surface area contributed by atoms with Crippen LogP contribution in [-0.4, -0.2) is 33.9 Å². The van der Waals surface area contributed by atoms with Crippen LogP contribution in [0.4, 0.5) is 10.1 Å². The summed E-state index contributed by atoms with van der Waals surface area (Å²) in [6.07, 6.45) is 1.61. The van der Waals surface area contributed by atoms with Gasteiger partial charge in [0.2, 0.25) is 5.91 Å². The van der Waals surface area contributed by atoms with Crippen molar-refractivity contribution in [3.05, 3.63) is 77.1 Å². The molecule has 1 N–H and O–H groups in total. The molecule has 4 rings (SSSR count). The number of aryl methyl sites for hydroxylation is 3. The van der Waals surface area contributed by atoms with E-state index in [1.807, 2.05) is 20.8 Å². The molecule has 1 saturated heterocycles. The molecular weight excluding hydrogens is 419 g/mol. The molecule has 2 heterocycles. The molecule has 1 aliphatic rings. The minimum atomic E-state index is -0.416. The molecular formula is C26H29FN4O2. The molecule has 1 aliphatic heterocycles. The van der Waals surface area contributed by atoms with Crippen molar-refractivity contribution in [2.45, 2.75) is 40.2 Å². The van der Waals surface area contributed by atoms with Gasteiger partial charge in [0.15, 0.2) is 11.6 Å². The normalized spacial score (nSPS) is 14.8. The fourth-order valence-corrected chi connectivity index (χ4v) is 3.98. The standard InChI is InChI=1S/C26H29FN4O2/c1-17-18(2)29-24(19(3)28-17)16-31-14-12-20(13-15-31)26(32)30-21-8-10-22(11-9-21)33-25-7-5-4-6-23(25)27/h4-11,20H,12-16H2,1-3H3,(H,30,32). The quantitative estimate of drug-likeness (QED) is 0.563. The molecule has 172 valence electrons. The third kappa shape index (κ3) is 5.73. The first-order valence-corrected chi connectivity index (χ1v) is 11.3. The van der Waals surface area contributed by atoms with Gasteiger partial charge >= 0.3 is 0 Å². The number of nitrogens with zero attached hydrogens (tertiary/aromatic N) is 3. The third-order valence-electron chi connectivity index (χ3n) is 6.10. The zero-order chi connectivity index (χ0) is 23.4. The van der Waals surface area contributed by atoms with Gasteiger partial charge in [-0.1, -0.05) is 12.1 Å². The summed E-state index contributed by atoms with van der Waals surface area (Å²) in [6.45, 7) is 8.43. The summed E-state index contributed by atoms with van der Waals surface area (Å²) in [7, 11) is 0. The van der Waals surface area contributed by atoms with Crippen LogP contribution in [0, 0.1) is 32.5 Å². The van der Waals surface area contributed by atoms with Crippen molar-refractivity contribution >= 4 is 11.6 Å². The Labute approximate surface area is 193 Å². The molecule has 3 aromatic rings. The average molecular weight is 449 g/mol. The summed E-state index contributed by atoms with van der Waals surface area (Å²) in [4.78, 5) is 24.4. The molecule has 6 nitrogen and oxygen atoms in total. The van der Waals surface area contributed by atoms with E-state index < -0.39 is 5.82 Å². The average Bonchev–Trinajstić information content (AvgIpc) is 2.81. The number of halogens is 1. The van der Waals surface area contributed by atoms with E-state index in [1.165, 1.54) is 6.07 Å². The van der Waals surface area contributed by atoms with Crippen molar-refractivity contribution in [3.8, 4) is 11.5 Å². The highest BCUT2D eigenvalue weighted by atomic mass is 19.1. The molecule has 0 radical (unpaired) electrons. The monoisotopic (exact) mass is 448 g/mol. The number of carbonyl (C=O) groups excluding carboxylic acids is 1. The Hall–Kier alpha value is -3.32. The zero-order valence-corrected chi connectivity index (χ0v) is 19.3. The molecule has 7 heteroatoms. The number of anilines is 1. The lowest BCUT2D eigenvalue weighted by Crippen LogP contribution is -2.38. The SMILES string of the molecule is Cc1nc(C)c(CN2CCC(C(=O)Nc3ccc(Oc4ccccc4F)cc3)CC2)nc1C. The number of rotatable bonds is 6. The van der Waals surface area contributed by atoms with Crippen molar-refractivity contribution < 1.29 is 13.9 Å². The maximum absolute atomic E-state index is 13.7. The van der Waals surface area contributed by atoms with Crippen molar-refractivity contribution in [1.29, 1.82) is 0 Å². The van der Waals surface area contributed by atoms with Gasteiger partial charge < -0.3 is 10.1 Å². The summed E-state index contributed by atoms with van der Waals surface area (Å²) in [5.74, 6) is 0.266. The number of hydrogen-bond acceptors (Lipinski definition) is 5. The lowest BCUT2D eigenvalue weighted by Gasteiger charge is -2.31. The van der Waals surface area contributed by atoms with Crippen LogP contribution < -0.4 is 10.1 Å². The van der Waals surface area contributed by atoms with Gasteiger partial charge in [-0.25, -0.2) is 4.39 Å².